The van der Waals surface area contributed by atoms with Crippen LogP contribution in [-0.2, 0) is 0 Å². The molecule has 0 aliphatic rings. The summed E-state index contributed by atoms with van der Waals surface area (Å²) in [5, 5.41) is 0. The van der Waals surface area contributed by atoms with Gasteiger partial charge < -0.3 is 0 Å². The minimum absolute atomic E-state index is 0.477. The van der Waals surface area contributed by atoms with Gasteiger partial charge in [0.2, 0.25) is 0 Å². The molecule has 0 aromatic heterocycles. The van der Waals surface area contributed by atoms with Gasteiger partial charge in [0.05, 0.1) is 0 Å². The Morgan fingerprint density at radius 3 is 1.33 bits per heavy atom. The van der Waals surface area contributed by atoms with Gasteiger partial charge in [-0.2, -0.15) is 0 Å². The fourth-order valence-corrected chi connectivity index (χ4v) is 16.8. The number of hydrogen-bond acceptors (Lipinski definition) is 0. The van der Waals surface area contributed by atoms with Gasteiger partial charge in [-0.15, -0.1) is 0 Å². The van der Waals surface area contributed by atoms with Crippen LogP contribution < -0.4 is 3.58 Å². The predicted octanol–water partition coefficient (Wildman–Crippen LogP) is 4.91. The summed E-state index contributed by atoms with van der Waals surface area (Å²) in [4.78, 5) is 0. The van der Waals surface area contributed by atoms with Crippen molar-refractivity contribution in [3.05, 3.63) is 28.8 Å². The van der Waals surface area contributed by atoms with E-state index in [-0.39, 0.29) is 0 Å². The quantitative estimate of drug-likeness (QED) is 0.630. The Balaban J connectivity index is 3.50. The first kappa shape index (κ1) is 16.1. The zero-order valence-electron chi connectivity index (χ0n) is 13.7. The van der Waals surface area contributed by atoms with Crippen molar-refractivity contribution in [2.75, 3.05) is 0 Å². The van der Waals surface area contributed by atoms with E-state index in [0.29, 0.717) is 6.86 Å². The molecule has 0 saturated carbocycles. The van der Waals surface area contributed by atoms with Crippen molar-refractivity contribution in [1.29, 1.82) is 0 Å². The maximum absolute atomic E-state index is 2.45. The van der Waals surface area contributed by atoms with Gasteiger partial charge in [0, 0.05) is 0 Å². The first-order chi connectivity index (χ1) is 7.94. The zero-order chi connectivity index (χ0) is 14.3. The average Bonchev–Trinajstić information content (AvgIpc) is 2.06. The fourth-order valence-electron chi connectivity index (χ4n) is 3.45. The van der Waals surface area contributed by atoms with E-state index in [2.05, 4.69) is 74.4 Å². The molecule has 0 atom stereocenters. The van der Waals surface area contributed by atoms with Crippen LogP contribution in [0.1, 0.15) is 58.2 Å². The molecule has 1 heteroatoms. The van der Waals surface area contributed by atoms with Crippen LogP contribution in [0.4, 0.5) is 0 Å². The number of rotatable bonds is 1. The maximum atomic E-state index is 2.45. The van der Waals surface area contributed by atoms with Crippen LogP contribution in [0.5, 0.6) is 0 Å². The zero-order valence-corrected chi connectivity index (χ0v) is 16.5. The van der Waals surface area contributed by atoms with E-state index < -0.39 is 19.8 Å². The third-order valence-corrected chi connectivity index (χ3v) is 15.7. The third-order valence-electron chi connectivity index (χ3n) is 3.43. The van der Waals surface area contributed by atoms with Gasteiger partial charge in [-0.05, 0) is 0 Å². The molecule has 0 spiro atoms. The summed E-state index contributed by atoms with van der Waals surface area (Å²) in [6.07, 6.45) is 0. The van der Waals surface area contributed by atoms with Crippen molar-refractivity contribution in [2.45, 2.75) is 69.2 Å². The van der Waals surface area contributed by atoms with E-state index in [4.69, 9.17) is 0 Å². The van der Waals surface area contributed by atoms with E-state index in [9.17, 15) is 0 Å². The van der Waals surface area contributed by atoms with Crippen LogP contribution in [0, 0.1) is 20.8 Å². The van der Waals surface area contributed by atoms with Gasteiger partial charge in [-0.25, -0.2) is 0 Å². The van der Waals surface area contributed by atoms with Gasteiger partial charge in [-0.1, -0.05) is 0 Å². The molecule has 0 fully saturated rings. The summed E-state index contributed by atoms with van der Waals surface area (Å²) in [5.74, 6) is 0. The van der Waals surface area contributed by atoms with Crippen LogP contribution in [0.2, 0.25) is 6.86 Å². The van der Waals surface area contributed by atoms with Gasteiger partial charge in [0.15, 0.2) is 0 Å². The topological polar surface area (TPSA) is 0 Å². The Kier molecular flexibility index (Phi) is 4.63. The number of aryl methyl sites for hydroxylation is 3. The number of hydrogen-bond donors (Lipinski definition) is 0. The molecular weight excluding hydrogens is 323 g/mol. The van der Waals surface area contributed by atoms with Crippen LogP contribution >= 0.6 is 0 Å². The van der Waals surface area contributed by atoms with Crippen molar-refractivity contribution < 1.29 is 0 Å². The molecule has 0 amide bonds. The van der Waals surface area contributed by atoms with Crippen LogP contribution in [0.3, 0.4) is 0 Å². The van der Waals surface area contributed by atoms with E-state index in [1.54, 1.807) is 3.58 Å². The second-order valence-electron chi connectivity index (χ2n) is 7.65. The molecule has 1 aromatic carbocycles. The van der Waals surface area contributed by atoms with E-state index in [1.807, 2.05) is 0 Å². The molecule has 0 unspecified atom stereocenters. The molecule has 0 heterocycles. The molecule has 1 aromatic rings. The third kappa shape index (κ3) is 3.52. The summed E-state index contributed by atoms with van der Waals surface area (Å²) in [5.41, 5.74) is 4.47. The molecule has 0 N–H and O–H groups in total. The standard InChI is InChI=1S/C9H11.2C4H9.Sn/c1-7-4-8(2)6-9(3)5-7;2*1-4(2)3;/h4-5H,1-3H3;2*1-3H3;. The van der Waals surface area contributed by atoms with Crippen LogP contribution in [-0.4, -0.2) is 19.8 Å². The Labute approximate surface area is 121 Å². The summed E-state index contributed by atoms with van der Waals surface area (Å²) < 4.78 is 2.71. The Morgan fingerprint density at radius 2 is 1.06 bits per heavy atom. The molecule has 0 aliphatic heterocycles. The molecule has 0 bridgehead atoms. The van der Waals surface area contributed by atoms with Gasteiger partial charge in [-0.3, -0.25) is 0 Å². The molecule has 0 saturated heterocycles. The van der Waals surface area contributed by atoms with Crippen molar-refractivity contribution in [3.63, 3.8) is 0 Å². The van der Waals surface area contributed by atoms with Crippen molar-refractivity contribution >= 4 is 23.3 Å². The van der Waals surface area contributed by atoms with Gasteiger partial charge in [0.1, 0.15) is 0 Å². The second kappa shape index (κ2) is 5.19. The average molecular weight is 352 g/mol. The summed E-state index contributed by atoms with van der Waals surface area (Å²) >= 11 is -1.75. The van der Waals surface area contributed by atoms with E-state index in [0.717, 1.165) is 0 Å². The molecule has 0 nitrogen and oxygen atoms in total. The Hall–Kier alpha value is 0.0187. The first-order valence-electron chi connectivity index (χ1n) is 6.90. The Morgan fingerprint density at radius 1 is 0.722 bits per heavy atom. The van der Waals surface area contributed by atoms with E-state index in [1.165, 1.54) is 16.7 Å². The summed E-state index contributed by atoms with van der Waals surface area (Å²) in [7, 11) is 0. The molecule has 1 radical (unpaired) electrons. The molecule has 18 heavy (non-hydrogen) atoms. The molecule has 101 valence electrons. The van der Waals surface area contributed by atoms with Gasteiger partial charge in [0.25, 0.3) is 0 Å². The fraction of sp³-hybridized carbons (Fsp3) is 0.647. The summed E-state index contributed by atoms with van der Waals surface area (Å²) in [6, 6.07) is 4.75. The second-order valence-corrected chi connectivity index (χ2v) is 19.8. The molecule has 1 rings (SSSR count). The van der Waals surface area contributed by atoms with Crippen LogP contribution in [0.15, 0.2) is 12.1 Å². The van der Waals surface area contributed by atoms with Gasteiger partial charge >= 0.3 is 121 Å². The Bertz CT molecular complexity index is 393. The first-order valence-corrected chi connectivity index (χ1v) is 11.2. The predicted molar refractivity (Wildman–Crippen MR) is 85.5 cm³/mol. The summed E-state index contributed by atoms with van der Waals surface area (Å²) in [6.45, 7) is 21.5. The monoisotopic (exact) mass is 353 g/mol. The van der Waals surface area contributed by atoms with Crippen molar-refractivity contribution in [3.8, 4) is 0 Å². The normalized spacial score (nSPS) is 13.2. The van der Waals surface area contributed by atoms with Crippen LogP contribution in [0.25, 0.3) is 0 Å². The van der Waals surface area contributed by atoms with Crippen molar-refractivity contribution in [1.82, 2.24) is 0 Å². The SMILES string of the molecule is Cc1cc(C)[c]([Sn]([C](C)(C)C)[C](C)(C)C)c(C)c1. The molecule has 0 aliphatic carbocycles. The van der Waals surface area contributed by atoms with E-state index >= 15 is 0 Å². The number of benzene rings is 1. The van der Waals surface area contributed by atoms with Crippen molar-refractivity contribution in [2.24, 2.45) is 0 Å². The molecular formula is C17H29Sn. The minimum atomic E-state index is -1.75.